The number of carbonyl (C=O) groups is 1. The summed E-state index contributed by atoms with van der Waals surface area (Å²) in [6, 6.07) is 1.64. The maximum absolute atomic E-state index is 10.8. The van der Waals surface area contributed by atoms with Gasteiger partial charge in [0, 0.05) is 0 Å². The molecular weight excluding hydrogens is 205 g/mol. The van der Waals surface area contributed by atoms with E-state index >= 15 is 0 Å². The van der Waals surface area contributed by atoms with Crippen LogP contribution in [0, 0.1) is 11.3 Å². The third-order valence-corrected chi connectivity index (χ3v) is 1.26. The molecule has 0 N–H and O–H groups in total. The zero-order valence-corrected chi connectivity index (χ0v) is 10.7. The molecule has 0 spiro atoms. The second kappa shape index (κ2) is 8.02. The summed E-state index contributed by atoms with van der Waals surface area (Å²) >= 11 is 7.45. The molecule has 0 amide bonds. The molecule has 3 nitrogen and oxygen atoms in total. The van der Waals surface area contributed by atoms with E-state index < -0.39 is 5.97 Å². The quantitative estimate of drug-likeness (QED) is 0.186. The SMILES string of the molecule is CCOC(=O)C(C#N)=C(S)S.[Na+]. The molecule has 0 aromatic rings. The van der Waals surface area contributed by atoms with Gasteiger partial charge in [0.1, 0.15) is 6.07 Å². The van der Waals surface area contributed by atoms with E-state index in [1.54, 1.807) is 13.0 Å². The fourth-order valence-electron chi connectivity index (χ4n) is 0.390. The van der Waals surface area contributed by atoms with Crippen LogP contribution in [0.4, 0.5) is 0 Å². The smallest absolute Gasteiger partial charge is 0.462 e. The van der Waals surface area contributed by atoms with Gasteiger partial charge in [-0.25, -0.2) is 4.79 Å². The van der Waals surface area contributed by atoms with Crippen molar-refractivity contribution in [2.24, 2.45) is 0 Å². The number of esters is 1. The molecule has 0 unspecified atom stereocenters. The number of hydrogen-bond acceptors (Lipinski definition) is 5. The molecule has 0 aromatic carbocycles. The maximum atomic E-state index is 10.8. The summed E-state index contributed by atoms with van der Waals surface area (Å²) in [5.74, 6) is -0.685. The van der Waals surface area contributed by atoms with Crippen molar-refractivity contribution in [1.29, 1.82) is 5.26 Å². The first-order chi connectivity index (χ1) is 5.13. The van der Waals surface area contributed by atoms with Gasteiger partial charge in [-0.1, -0.05) is 0 Å². The molecule has 0 atom stereocenters. The van der Waals surface area contributed by atoms with E-state index in [-0.39, 0.29) is 46.0 Å². The van der Waals surface area contributed by atoms with E-state index in [2.05, 4.69) is 30.0 Å². The summed E-state index contributed by atoms with van der Waals surface area (Å²) in [4.78, 5) is 10.8. The van der Waals surface area contributed by atoms with Gasteiger partial charge in [0.15, 0.2) is 5.57 Å². The first kappa shape index (κ1) is 14.9. The number of ether oxygens (including phenoxy) is 1. The largest absolute Gasteiger partial charge is 1.00 e. The van der Waals surface area contributed by atoms with Crippen molar-refractivity contribution in [2.75, 3.05) is 6.61 Å². The van der Waals surface area contributed by atoms with Crippen LogP contribution in [0.5, 0.6) is 0 Å². The fourth-order valence-corrected chi connectivity index (χ4v) is 0.673. The van der Waals surface area contributed by atoms with Crippen LogP contribution in [-0.4, -0.2) is 12.6 Å². The van der Waals surface area contributed by atoms with E-state index in [9.17, 15) is 4.79 Å². The summed E-state index contributed by atoms with van der Waals surface area (Å²) in [6.45, 7) is 1.89. The predicted octanol–water partition coefficient (Wildman–Crippen LogP) is -1.85. The third-order valence-electron chi connectivity index (χ3n) is 0.815. The number of thiol groups is 2. The van der Waals surface area contributed by atoms with Crippen molar-refractivity contribution >= 4 is 31.2 Å². The molecule has 0 saturated heterocycles. The van der Waals surface area contributed by atoms with Gasteiger partial charge in [0.2, 0.25) is 0 Å². The van der Waals surface area contributed by atoms with Crippen molar-refractivity contribution in [1.82, 2.24) is 0 Å². The summed E-state index contributed by atoms with van der Waals surface area (Å²) in [5.41, 5.74) is -0.168. The number of hydrogen-bond donors (Lipinski definition) is 2. The molecule has 12 heavy (non-hydrogen) atoms. The van der Waals surface area contributed by atoms with Gasteiger partial charge < -0.3 is 4.74 Å². The van der Waals surface area contributed by atoms with Crippen LogP contribution in [-0.2, 0) is 9.53 Å². The van der Waals surface area contributed by atoms with Crippen LogP contribution in [0.2, 0.25) is 0 Å². The number of rotatable bonds is 2. The zero-order valence-electron chi connectivity index (χ0n) is 6.87. The number of nitrogens with zero attached hydrogens (tertiary/aromatic N) is 1. The molecule has 0 aliphatic carbocycles. The molecule has 0 rings (SSSR count). The van der Waals surface area contributed by atoms with Crippen LogP contribution in [0.1, 0.15) is 6.92 Å². The van der Waals surface area contributed by atoms with Gasteiger partial charge in [0.25, 0.3) is 0 Å². The minimum Gasteiger partial charge on any atom is -0.462 e. The van der Waals surface area contributed by atoms with Crippen LogP contribution in [0.15, 0.2) is 9.81 Å². The van der Waals surface area contributed by atoms with Gasteiger partial charge in [-0.3, -0.25) is 0 Å². The first-order valence-electron chi connectivity index (χ1n) is 2.82. The standard InChI is InChI=1S/C6H7NO2S2.Na/c1-2-9-5(8)4(3-7)6(10)11;/h10-11H,2H2,1H3;/q;+1. The number of nitriles is 1. The molecule has 0 aliphatic heterocycles. The first-order valence-corrected chi connectivity index (χ1v) is 3.72. The van der Waals surface area contributed by atoms with E-state index in [1.165, 1.54) is 0 Å². The Kier molecular flexibility index (Phi) is 9.96. The molecule has 0 heterocycles. The molecule has 60 valence electrons. The fraction of sp³-hybridized carbons (Fsp3) is 0.333. The minimum absolute atomic E-state index is 0. The van der Waals surface area contributed by atoms with Crippen LogP contribution < -0.4 is 29.6 Å². The van der Waals surface area contributed by atoms with E-state index in [0.29, 0.717) is 0 Å². The monoisotopic (exact) mass is 212 g/mol. The van der Waals surface area contributed by atoms with Gasteiger partial charge in [-0.2, -0.15) is 5.26 Å². The topological polar surface area (TPSA) is 50.1 Å². The zero-order chi connectivity index (χ0) is 8.85. The van der Waals surface area contributed by atoms with Crippen LogP contribution in [0.3, 0.4) is 0 Å². The van der Waals surface area contributed by atoms with Crippen LogP contribution in [0.25, 0.3) is 0 Å². The van der Waals surface area contributed by atoms with E-state index in [4.69, 9.17) is 5.26 Å². The Labute approximate surface area is 104 Å². The molecule has 0 radical (unpaired) electrons. The summed E-state index contributed by atoms with van der Waals surface area (Å²) in [7, 11) is 0. The Morgan fingerprint density at radius 1 is 1.58 bits per heavy atom. The van der Waals surface area contributed by atoms with Gasteiger partial charge in [-0.05, 0) is 6.92 Å². The Balaban J connectivity index is 0. The Hall–Kier alpha value is 0.400. The van der Waals surface area contributed by atoms with E-state index in [1.807, 2.05) is 0 Å². The average molecular weight is 212 g/mol. The summed E-state index contributed by atoms with van der Waals surface area (Å²) < 4.78 is 4.61. The second-order valence-electron chi connectivity index (χ2n) is 1.53. The Morgan fingerprint density at radius 2 is 2.08 bits per heavy atom. The van der Waals surface area contributed by atoms with Crippen molar-refractivity contribution in [3.05, 3.63) is 9.81 Å². The summed E-state index contributed by atoms with van der Waals surface area (Å²) in [5, 5.41) is 8.39. The van der Waals surface area contributed by atoms with Gasteiger partial charge in [0.05, 0.1) is 10.8 Å². The molecule has 0 bridgehead atoms. The molecular formula is C6H7NNaO2S2+. The predicted molar refractivity (Wildman–Crippen MR) is 47.2 cm³/mol. The molecule has 0 saturated carbocycles. The molecule has 0 aromatic heterocycles. The second-order valence-corrected chi connectivity index (χ2v) is 2.78. The number of carbonyl (C=O) groups excluding carboxylic acids is 1. The van der Waals surface area contributed by atoms with Crippen molar-refractivity contribution < 1.29 is 39.1 Å². The average Bonchev–Trinajstić information content (AvgIpc) is 1.88. The van der Waals surface area contributed by atoms with Crippen molar-refractivity contribution in [2.45, 2.75) is 6.92 Å². The van der Waals surface area contributed by atoms with Crippen molar-refractivity contribution in [3.63, 3.8) is 0 Å². The van der Waals surface area contributed by atoms with E-state index in [0.717, 1.165) is 0 Å². The molecule has 6 heteroatoms. The molecule has 0 aliphatic rings. The van der Waals surface area contributed by atoms with Gasteiger partial charge >= 0.3 is 35.5 Å². The normalized spacial score (nSPS) is 7.50. The van der Waals surface area contributed by atoms with Crippen molar-refractivity contribution in [3.8, 4) is 6.07 Å². The minimum atomic E-state index is -0.685. The third kappa shape index (κ3) is 5.12. The summed E-state index contributed by atoms with van der Waals surface area (Å²) in [6.07, 6.45) is 0. The maximum Gasteiger partial charge on any atom is 1.00 e. The Morgan fingerprint density at radius 3 is 2.33 bits per heavy atom. The van der Waals surface area contributed by atoms with Crippen LogP contribution >= 0.6 is 25.3 Å². The Bertz CT molecular complexity index is 230. The van der Waals surface area contributed by atoms with Gasteiger partial charge in [-0.15, -0.1) is 25.3 Å². The molecule has 0 fully saturated rings.